The highest BCUT2D eigenvalue weighted by atomic mass is 19.1. The molecule has 3 atom stereocenters. The molecule has 1 heterocycles. The SMILES string of the molecule is CC[C@]12CC[C@@](O)(CC#N)C[C@H]1CCCc1cc3c(cnn3-c3ccc(F)cc3)cc12. The van der Waals surface area contributed by atoms with Crippen LogP contribution in [0.15, 0.2) is 42.6 Å². The average Bonchev–Trinajstić information content (AvgIpc) is 3.10. The van der Waals surface area contributed by atoms with Crippen LogP contribution in [-0.2, 0) is 11.8 Å². The van der Waals surface area contributed by atoms with Gasteiger partial charge in [0.15, 0.2) is 0 Å². The number of aromatic nitrogens is 2. The second-order valence-electron chi connectivity index (χ2n) is 9.46. The van der Waals surface area contributed by atoms with Crippen molar-refractivity contribution in [1.29, 1.82) is 5.26 Å². The van der Waals surface area contributed by atoms with E-state index in [0.29, 0.717) is 18.8 Å². The number of nitriles is 1. The minimum absolute atomic E-state index is 0.0414. The number of nitrogens with zero attached hydrogens (tertiary/aromatic N) is 3. The minimum Gasteiger partial charge on any atom is -0.389 e. The first-order valence-corrected chi connectivity index (χ1v) is 11.3. The molecule has 1 fully saturated rings. The van der Waals surface area contributed by atoms with E-state index in [2.05, 4.69) is 30.2 Å². The van der Waals surface area contributed by atoms with Crippen molar-refractivity contribution in [3.63, 3.8) is 0 Å². The summed E-state index contributed by atoms with van der Waals surface area (Å²) in [7, 11) is 0. The molecule has 3 aromatic rings. The first-order chi connectivity index (χ1) is 15.0. The third-order valence-corrected chi connectivity index (χ3v) is 7.88. The van der Waals surface area contributed by atoms with E-state index in [1.807, 2.05) is 10.9 Å². The predicted octanol–water partition coefficient (Wildman–Crippen LogP) is 5.59. The monoisotopic (exact) mass is 417 g/mol. The van der Waals surface area contributed by atoms with Crippen LogP contribution in [0.25, 0.3) is 16.6 Å². The van der Waals surface area contributed by atoms with Crippen molar-refractivity contribution in [3.8, 4) is 11.8 Å². The Morgan fingerprint density at radius 3 is 2.81 bits per heavy atom. The summed E-state index contributed by atoms with van der Waals surface area (Å²) in [6, 6.07) is 13.2. The molecule has 0 unspecified atom stereocenters. The number of hydrogen-bond acceptors (Lipinski definition) is 3. The van der Waals surface area contributed by atoms with Gasteiger partial charge in [0.05, 0.1) is 35.5 Å². The van der Waals surface area contributed by atoms with Crippen LogP contribution in [0, 0.1) is 23.1 Å². The molecule has 2 aromatic carbocycles. The number of aliphatic hydroxyl groups is 1. The van der Waals surface area contributed by atoms with E-state index in [4.69, 9.17) is 0 Å². The van der Waals surface area contributed by atoms with Crippen LogP contribution in [-0.4, -0.2) is 20.5 Å². The van der Waals surface area contributed by atoms with Gasteiger partial charge in [-0.15, -0.1) is 0 Å². The second-order valence-corrected chi connectivity index (χ2v) is 9.46. The lowest BCUT2D eigenvalue weighted by Crippen LogP contribution is -2.47. The maximum Gasteiger partial charge on any atom is 0.123 e. The molecule has 0 radical (unpaired) electrons. The van der Waals surface area contributed by atoms with Gasteiger partial charge >= 0.3 is 0 Å². The van der Waals surface area contributed by atoms with E-state index in [9.17, 15) is 14.8 Å². The highest BCUT2D eigenvalue weighted by molar-refractivity contribution is 5.82. The molecule has 2 aliphatic carbocycles. The van der Waals surface area contributed by atoms with E-state index < -0.39 is 5.60 Å². The average molecular weight is 418 g/mol. The number of fused-ring (bicyclic) bond motifs is 4. The lowest BCUT2D eigenvalue weighted by molar-refractivity contribution is -0.0446. The van der Waals surface area contributed by atoms with Crippen LogP contribution in [0.5, 0.6) is 0 Å². The fourth-order valence-electron chi connectivity index (χ4n) is 6.23. The van der Waals surface area contributed by atoms with Crippen molar-refractivity contribution >= 4 is 10.9 Å². The van der Waals surface area contributed by atoms with Gasteiger partial charge in [0.1, 0.15) is 5.82 Å². The summed E-state index contributed by atoms with van der Waals surface area (Å²) in [6.45, 7) is 2.27. The summed E-state index contributed by atoms with van der Waals surface area (Å²) in [6.07, 6.45) is 8.63. The third kappa shape index (κ3) is 3.25. The first-order valence-electron chi connectivity index (χ1n) is 11.3. The Hall–Kier alpha value is -2.71. The molecule has 5 heteroatoms. The van der Waals surface area contributed by atoms with Gasteiger partial charge in [0, 0.05) is 5.39 Å². The molecule has 0 aliphatic heterocycles. The van der Waals surface area contributed by atoms with Gasteiger partial charge in [-0.25, -0.2) is 9.07 Å². The number of halogens is 1. The summed E-state index contributed by atoms with van der Waals surface area (Å²) in [4.78, 5) is 0. The van der Waals surface area contributed by atoms with Gasteiger partial charge in [-0.1, -0.05) is 6.92 Å². The molecule has 0 saturated heterocycles. The maximum atomic E-state index is 13.4. The molecule has 4 nitrogen and oxygen atoms in total. The first kappa shape index (κ1) is 20.2. The fourth-order valence-corrected chi connectivity index (χ4v) is 6.23. The van der Waals surface area contributed by atoms with Gasteiger partial charge in [0.25, 0.3) is 0 Å². The molecular formula is C26H28FN3O. The van der Waals surface area contributed by atoms with Gasteiger partial charge in [-0.2, -0.15) is 10.4 Å². The maximum absolute atomic E-state index is 13.4. The van der Waals surface area contributed by atoms with Crippen molar-refractivity contribution in [2.24, 2.45) is 5.92 Å². The summed E-state index contributed by atoms with van der Waals surface area (Å²) < 4.78 is 15.3. The number of benzene rings is 2. The Kier molecular flexibility index (Phi) is 4.86. The quantitative estimate of drug-likeness (QED) is 0.604. The van der Waals surface area contributed by atoms with Gasteiger partial charge in [0.2, 0.25) is 0 Å². The molecule has 0 amide bonds. The highest BCUT2D eigenvalue weighted by Gasteiger charge is 2.49. The standard InChI is InChI=1S/C26H28FN3O/c1-2-26-11-10-25(31,12-13-28)16-20(26)5-3-4-18-15-24-19(14-23(18)26)17-29-30(24)22-8-6-21(27)7-9-22/h6-9,14-15,17,20,31H,2-5,10-12,16H2,1H3/t20-,25-,26+/m1/s1. The topological polar surface area (TPSA) is 61.8 Å². The summed E-state index contributed by atoms with van der Waals surface area (Å²) >= 11 is 0. The van der Waals surface area contributed by atoms with Crippen LogP contribution in [0.2, 0.25) is 0 Å². The van der Waals surface area contributed by atoms with Crippen molar-refractivity contribution in [2.45, 2.75) is 69.3 Å². The minimum atomic E-state index is -0.847. The normalized spacial score (nSPS) is 27.9. The highest BCUT2D eigenvalue weighted by Crippen LogP contribution is 2.54. The van der Waals surface area contributed by atoms with E-state index in [1.165, 1.54) is 23.3 Å². The van der Waals surface area contributed by atoms with Crippen LogP contribution in [0.4, 0.5) is 4.39 Å². The van der Waals surface area contributed by atoms with Gasteiger partial charge in [-0.05, 0) is 104 Å². The van der Waals surface area contributed by atoms with Crippen molar-refractivity contribution < 1.29 is 9.50 Å². The number of hydrogen-bond donors (Lipinski definition) is 1. The molecule has 0 bridgehead atoms. The van der Waals surface area contributed by atoms with E-state index in [1.54, 1.807) is 12.1 Å². The Morgan fingerprint density at radius 1 is 1.26 bits per heavy atom. The van der Waals surface area contributed by atoms with Gasteiger partial charge in [-0.3, -0.25) is 0 Å². The second kappa shape index (κ2) is 7.46. The van der Waals surface area contributed by atoms with E-state index in [-0.39, 0.29) is 17.7 Å². The van der Waals surface area contributed by atoms with Crippen LogP contribution < -0.4 is 0 Å². The Labute approximate surface area is 182 Å². The number of rotatable bonds is 3. The smallest absolute Gasteiger partial charge is 0.123 e. The molecule has 1 saturated carbocycles. The lowest BCUT2D eigenvalue weighted by atomic mass is 9.56. The zero-order chi connectivity index (χ0) is 21.6. The van der Waals surface area contributed by atoms with Crippen LogP contribution in [0.1, 0.15) is 63.0 Å². The molecular weight excluding hydrogens is 389 g/mol. The largest absolute Gasteiger partial charge is 0.389 e. The molecule has 0 spiro atoms. The molecule has 1 aromatic heterocycles. The van der Waals surface area contributed by atoms with Crippen LogP contribution in [0.3, 0.4) is 0 Å². The molecule has 31 heavy (non-hydrogen) atoms. The number of aryl methyl sites for hydroxylation is 1. The van der Waals surface area contributed by atoms with E-state index >= 15 is 0 Å². The van der Waals surface area contributed by atoms with E-state index in [0.717, 1.165) is 48.7 Å². The Bertz CT molecular complexity index is 1160. The fraction of sp³-hybridized carbons (Fsp3) is 0.462. The van der Waals surface area contributed by atoms with Crippen molar-refractivity contribution in [1.82, 2.24) is 9.78 Å². The summed E-state index contributed by atoms with van der Waals surface area (Å²) in [5, 5.41) is 25.9. The van der Waals surface area contributed by atoms with Crippen LogP contribution >= 0.6 is 0 Å². The zero-order valence-electron chi connectivity index (χ0n) is 17.9. The molecule has 2 aliphatic rings. The predicted molar refractivity (Wildman–Crippen MR) is 118 cm³/mol. The third-order valence-electron chi connectivity index (χ3n) is 7.88. The lowest BCUT2D eigenvalue weighted by Gasteiger charge is -2.49. The zero-order valence-corrected chi connectivity index (χ0v) is 17.9. The summed E-state index contributed by atoms with van der Waals surface area (Å²) in [5.41, 5.74) is 3.87. The molecule has 1 N–H and O–H groups in total. The Balaban J connectivity index is 1.61. The molecule has 160 valence electrons. The molecule has 5 rings (SSSR count). The summed E-state index contributed by atoms with van der Waals surface area (Å²) in [5.74, 6) is 0.133. The van der Waals surface area contributed by atoms with Crippen molar-refractivity contribution in [3.05, 3.63) is 59.5 Å². The van der Waals surface area contributed by atoms with Crippen molar-refractivity contribution in [2.75, 3.05) is 0 Å². The Morgan fingerprint density at radius 2 is 2.06 bits per heavy atom. The van der Waals surface area contributed by atoms with Gasteiger partial charge < -0.3 is 5.11 Å².